The highest BCUT2D eigenvalue weighted by Crippen LogP contribution is 2.11. The predicted molar refractivity (Wildman–Crippen MR) is 105 cm³/mol. The van der Waals surface area contributed by atoms with Gasteiger partial charge < -0.3 is 20.3 Å². The average Bonchev–Trinajstić information content (AvgIpc) is 2.64. The first-order valence-corrected chi connectivity index (χ1v) is 9.49. The zero-order valence-electron chi connectivity index (χ0n) is 15.4. The van der Waals surface area contributed by atoms with Gasteiger partial charge in [0, 0.05) is 13.1 Å². The third-order valence-electron chi connectivity index (χ3n) is 4.17. The first-order chi connectivity index (χ1) is 13.0. The minimum absolute atomic E-state index is 0.107. The highest BCUT2D eigenvalue weighted by molar-refractivity contribution is 7.80. The molecule has 1 aromatic carbocycles. The molecule has 2 rings (SSSR count). The van der Waals surface area contributed by atoms with Crippen LogP contribution in [0.2, 0.25) is 0 Å². The summed E-state index contributed by atoms with van der Waals surface area (Å²) in [6.45, 7) is 3.15. The van der Waals surface area contributed by atoms with Crippen LogP contribution in [0, 0.1) is 0 Å². The summed E-state index contributed by atoms with van der Waals surface area (Å²) >= 11 is 5.32. The number of esters is 1. The van der Waals surface area contributed by atoms with E-state index in [2.05, 4.69) is 10.6 Å². The smallest absolute Gasteiger partial charge is 0.308 e. The van der Waals surface area contributed by atoms with Crippen LogP contribution in [0.4, 0.5) is 0 Å². The number of nitrogens with zero attached hydrogens (tertiary/aromatic N) is 1. The molecule has 0 aliphatic carbocycles. The van der Waals surface area contributed by atoms with Crippen LogP contribution in [0.1, 0.15) is 31.7 Å². The van der Waals surface area contributed by atoms with E-state index < -0.39 is 12.0 Å². The summed E-state index contributed by atoms with van der Waals surface area (Å²) in [4.78, 5) is 38.0. The van der Waals surface area contributed by atoms with Crippen LogP contribution < -0.4 is 10.6 Å². The molecule has 1 aromatic rings. The Morgan fingerprint density at radius 3 is 2.78 bits per heavy atom. The molecular weight excluding hydrogens is 366 g/mol. The second kappa shape index (κ2) is 10.6. The van der Waals surface area contributed by atoms with Crippen LogP contribution >= 0.6 is 12.2 Å². The fraction of sp³-hybridized carbons (Fsp3) is 0.474. The largest absolute Gasteiger partial charge is 0.466 e. The van der Waals surface area contributed by atoms with Crippen molar-refractivity contribution in [1.29, 1.82) is 0 Å². The van der Waals surface area contributed by atoms with E-state index in [4.69, 9.17) is 17.0 Å². The number of benzene rings is 1. The Labute approximate surface area is 164 Å². The van der Waals surface area contributed by atoms with Crippen LogP contribution in [0.15, 0.2) is 30.3 Å². The molecule has 1 aliphatic heterocycles. The van der Waals surface area contributed by atoms with Gasteiger partial charge in [-0.1, -0.05) is 43.7 Å². The minimum Gasteiger partial charge on any atom is -0.466 e. The van der Waals surface area contributed by atoms with Crippen molar-refractivity contribution in [3.63, 3.8) is 0 Å². The molecule has 27 heavy (non-hydrogen) atoms. The number of amides is 2. The number of unbranched alkanes of at least 4 members (excludes halogenated alkanes) is 1. The molecule has 0 bridgehead atoms. The Bertz CT molecular complexity index is 681. The number of hydrogen-bond acceptors (Lipinski definition) is 5. The molecule has 0 saturated carbocycles. The molecule has 0 unspecified atom stereocenters. The summed E-state index contributed by atoms with van der Waals surface area (Å²) in [6.07, 6.45) is 1.77. The van der Waals surface area contributed by atoms with Gasteiger partial charge in [-0.2, -0.15) is 0 Å². The average molecular weight is 391 g/mol. The highest BCUT2D eigenvalue weighted by Gasteiger charge is 2.34. The normalized spacial score (nSPS) is 16.4. The Kier molecular flexibility index (Phi) is 8.19. The number of carbonyl (C=O) groups is 3. The lowest BCUT2D eigenvalue weighted by Gasteiger charge is -2.36. The van der Waals surface area contributed by atoms with E-state index in [1.807, 2.05) is 37.3 Å². The maximum Gasteiger partial charge on any atom is 0.308 e. The summed E-state index contributed by atoms with van der Waals surface area (Å²) in [6, 6.07) is 8.52. The van der Waals surface area contributed by atoms with Crippen molar-refractivity contribution in [1.82, 2.24) is 15.5 Å². The molecule has 0 aromatic heterocycles. The van der Waals surface area contributed by atoms with Crippen LogP contribution in [0.25, 0.3) is 0 Å². The number of hydrogen-bond donors (Lipinski definition) is 2. The van der Waals surface area contributed by atoms with Gasteiger partial charge in [0.1, 0.15) is 6.04 Å². The van der Waals surface area contributed by atoms with E-state index in [9.17, 15) is 14.4 Å². The van der Waals surface area contributed by atoms with E-state index >= 15 is 0 Å². The fourth-order valence-electron chi connectivity index (χ4n) is 2.72. The van der Waals surface area contributed by atoms with Crippen molar-refractivity contribution in [2.75, 3.05) is 19.7 Å². The third kappa shape index (κ3) is 6.63. The molecular formula is C19H25N3O4S. The van der Waals surface area contributed by atoms with E-state index in [1.54, 1.807) is 4.90 Å². The van der Waals surface area contributed by atoms with E-state index in [0.717, 1.165) is 18.4 Å². The molecule has 1 atom stereocenters. The molecule has 1 saturated heterocycles. The number of nitrogens with one attached hydrogen (secondary N) is 2. The second-order valence-electron chi connectivity index (χ2n) is 6.29. The molecule has 7 nitrogen and oxygen atoms in total. The van der Waals surface area contributed by atoms with Gasteiger partial charge in [-0.05, 0) is 24.2 Å². The third-order valence-corrected chi connectivity index (χ3v) is 4.50. The fourth-order valence-corrected chi connectivity index (χ4v) is 3.06. The van der Waals surface area contributed by atoms with E-state index in [1.165, 1.54) is 0 Å². The van der Waals surface area contributed by atoms with Gasteiger partial charge in [-0.3, -0.25) is 14.4 Å². The Morgan fingerprint density at radius 2 is 2.07 bits per heavy atom. The molecule has 1 aliphatic rings. The first kappa shape index (κ1) is 20.8. The van der Waals surface area contributed by atoms with Gasteiger partial charge >= 0.3 is 5.97 Å². The quantitative estimate of drug-likeness (QED) is 0.412. The van der Waals surface area contributed by atoms with Gasteiger partial charge in [0.15, 0.2) is 5.11 Å². The topological polar surface area (TPSA) is 87.7 Å². The van der Waals surface area contributed by atoms with Crippen molar-refractivity contribution in [2.24, 2.45) is 0 Å². The van der Waals surface area contributed by atoms with Crippen LogP contribution in [0.3, 0.4) is 0 Å². The molecule has 146 valence electrons. The maximum absolute atomic E-state index is 12.2. The molecule has 1 fully saturated rings. The Hall–Kier alpha value is -2.48. The lowest BCUT2D eigenvalue weighted by atomic mass is 10.1. The zero-order valence-corrected chi connectivity index (χ0v) is 16.2. The van der Waals surface area contributed by atoms with Gasteiger partial charge in [-0.25, -0.2) is 0 Å². The summed E-state index contributed by atoms with van der Waals surface area (Å²) in [5, 5.41) is 5.53. The molecule has 2 N–H and O–H groups in total. The minimum atomic E-state index is -0.780. The number of piperazine rings is 1. The number of thiocarbonyl (C=S) groups is 1. The van der Waals surface area contributed by atoms with Crippen molar-refractivity contribution >= 4 is 35.1 Å². The van der Waals surface area contributed by atoms with E-state index in [-0.39, 0.29) is 29.8 Å². The SMILES string of the molecule is CCCCOC(=O)C[C@@H]1C(=O)NCCN1C(=S)NC(=O)Cc1ccccc1. The molecule has 1 heterocycles. The summed E-state index contributed by atoms with van der Waals surface area (Å²) in [7, 11) is 0. The summed E-state index contributed by atoms with van der Waals surface area (Å²) < 4.78 is 5.15. The van der Waals surface area contributed by atoms with Crippen molar-refractivity contribution in [3.05, 3.63) is 35.9 Å². The van der Waals surface area contributed by atoms with Crippen molar-refractivity contribution in [3.8, 4) is 0 Å². The van der Waals surface area contributed by atoms with E-state index in [0.29, 0.717) is 19.7 Å². The predicted octanol–water partition coefficient (Wildman–Crippen LogP) is 1.16. The van der Waals surface area contributed by atoms with Crippen LogP contribution in [0.5, 0.6) is 0 Å². The number of carbonyl (C=O) groups excluding carboxylic acids is 3. The maximum atomic E-state index is 12.2. The van der Waals surface area contributed by atoms with Crippen LogP contribution in [-0.4, -0.2) is 53.5 Å². The zero-order chi connectivity index (χ0) is 19.6. The van der Waals surface area contributed by atoms with Gasteiger partial charge in [-0.15, -0.1) is 0 Å². The first-order valence-electron chi connectivity index (χ1n) is 9.09. The van der Waals surface area contributed by atoms with Gasteiger partial charge in [0.25, 0.3) is 0 Å². The number of rotatable bonds is 7. The standard InChI is InChI=1S/C19H25N3O4S/c1-2-3-11-26-17(24)13-15-18(25)20-9-10-22(15)19(27)21-16(23)12-14-7-5-4-6-8-14/h4-8,15H,2-3,9-13H2,1H3,(H,20,25)(H,21,23,27)/t15-/m1/s1. The highest BCUT2D eigenvalue weighted by atomic mass is 32.1. The lowest BCUT2D eigenvalue weighted by molar-refractivity contribution is -0.147. The molecule has 2 amide bonds. The van der Waals surface area contributed by atoms with Crippen molar-refractivity contribution < 1.29 is 19.1 Å². The Balaban J connectivity index is 1.93. The van der Waals surface area contributed by atoms with Gasteiger partial charge in [0.2, 0.25) is 11.8 Å². The molecule has 0 radical (unpaired) electrons. The Morgan fingerprint density at radius 1 is 1.33 bits per heavy atom. The lowest BCUT2D eigenvalue weighted by Crippen LogP contribution is -2.60. The molecule has 0 spiro atoms. The number of ether oxygens (including phenoxy) is 1. The van der Waals surface area contributed by atoms with Crippen molar-refractivity contribution in [2.45, 2.75) is 38.6 Å². The summed E-state index contributed by atoms with van der Waals surface area (Å²) in [5.41, 5.74) is 0.866. The summed E-state index contributed by atoms with van der Waals surface area (Å²) in [5.74, 6) is -1.01. The monoisotopic (exact) mass is 391 g/mol. The molecule has 8 heteroatoms. The second-order valence-corrected chi connectivity index (χ2v) is 6.68. The van der Waals surface area contributed by atoms with Gasteiger partial charge in [0.05, 0.1) is 19.4 Å². The van der Waals surface area contributed by atoms with Crippen LogP contribution in [-0.2, 0) is 25.5 Å².